The molecule has 0 aromatic carbocycles. The van der Waals surface area contributed by atoms with E-state index in [-0.39, 0.29) is 0 Å². The lowest BCUT2D eigenvalue weighted by Crippen LogP contribution is -2.42. The van der Waals surface area contributed by atoms with Crippen molar-refractivity contribution in [1.29, 1.82) is 0 Å². The first-order valence-corrected chi connectivity index (χ1v) is 9.97. The Morgan fingerprint density at radius 3 is 2.71 bits per heavy atom. The normalized spacial score (nSPS) is 24.4. The Balaban J connectivity index is 2.29. The summed E-state index contributed by atoms with van der Waals surface area (Å²) in [5.41, 5.74) is 0.874. The lowest BCUT2D eigenvalue weighted by molar-refractivity contribution is 0.212. The number of sulfonamides is 1. The molecule has 2 unspecified atom stereocenters. The molecule has 1 aromatic rings. The molecule has 0 amide bonds. The van der Waals surface area contributed by atoms with Crippen LogP contribution in [0.25, 0.3) is 0 Å². The molecule has 120 valence electrons. The average molecular weight is 331 g/mol. The molecule has 0 spiro atoms. The van der Waals surface area contributed by atoms with E-state index in [0.717, 1.165) is 23.4 Å². The van der Waals surface area contributed by atoms with Crippen molar-refractivity contribution in [2.45, 2.75) is 45.6 Å². The molecule has 0 radical (unpaired) electrons. The van der Waals surface area contributed by atoms with Gasteiger partial charge in [0.05, 0.1) is 0 Å². The Morgan fingerprint density at radius 2 is 2.10 bits per heavy atom. The van der Waals surface area contributed by atoms with Crippen LogP contribution in [0.15, 0.2) is 10.3 Å². The van der Waals surface area contributed by atoms with Crippen LogP contribution in [0.5, 0.6) is 0 Å². The van der Waals surface area contributed by atoms with E-state index >= 15 is 0 Å². The Morgan fingerprint density at radius 1 is 1.38 bits per heavy atom. The zero-order valence-electron chi connectivity index (χ0n) is 13.3. The number of hydrogen-bond acceptors (Lipinski definition) is 4. The van der Waals surface area contributed by atoms with Crippen LogP contribution in [0.3, 0.4) is 0 Å². The van der Waals surface area contributed by atoms with Crippen molar-refractivity contribution in [3.8, 4) is 0 Å². The van der Waals surface area contributed by atoms with E-state index in [1.54, 1.807) is 4.31 Å². The molecule has 0 aliphatic carbocycles. The van der Waals surface area contributed by atoms with E-state index in [0.29, 0.717) is 36.4 Å². The highest BCUT2D eigenvalue weighted by Gasteiger charge is 2.34. The van der Waals surface area contributed by atoms with E-state index in [9.17, 15) is 8.42 Å². The summed E-state index contributed by atoms with van der Waals surface area (Å²) in [6, 6.07) is 0. The van der Waals surface area contributed by atoms with Crippen LogP contribution in [0.1, 0.15) is 37.6 Å². The van der Waals surface area contributed by atoms with Gasteiger partial charge in [0, 0.05) is 24.5 Å². The Kier molecular flexibility index (Phi) is 5.46. The fourth-order valence-electron chi connectivity index (χ4n) is 2.77. The second-order valence-corrected chi connectivity index (χ2v) is 8.90. The maximum absolute atomic E-state index is 13.0. The monoisotopic (exact) mass is 330 g/mol. The highest BCUT2D eigenvalue weighted by Crippen LogP contribution is 2.33. The second kappa shape index (κ2) is 6.77. The van der Waals surface area contributed by atoms with Gasteiger partial charge in [-0.2, -0.15) is 4.31 Å². The molecule has 0 saturated carbocycles. The molecule has 2 atom stereocenters. The fourth-order valence-corrected chi connectivity index (χ4v) is 6.05. The Hall–Kier alpha value is -0.430. The van der Waals surface area contributed by atoms with Crippen molar-refractivity contribution in [2.75, 3.05) is 19.6 Å². The summed E-state index contributed by atoms with van der Waals surface area (Å²) in [5.74, 6) is 1.02. The molecule has 1 aliphatic rings. The van der Waals surface area contributed by atoms with Gasteiger partial charge in [-0.25, -0.2) is 8.42 Å². The van der Waals surface area contributed by atoms with Gasteiger partial charge in [0.25, 0.3) is 0 Å². The summed E-state index contributed by atoms with van der Waals surface area (Å²) in [6.07, 6.45) is 0.951. The number of thiophene rings is 1. The molecule has 2 rings (SSSR count). The maximum atomic E-state index is 13.0. The summed E-state index contributed by atoms with van der Waals surface area (Å²) < 4.78 is 27.7. The molecular formula is C15H26N2O2S2. The topological polar surface area (TPSA) is 49.4 Å². The zero-order chi connectivity index (χ0) is 15.6. The number of nitrogens with zero attached hydrogens (tertiary/aromatic N) is 1. The third kappa shape index (κ3) is 3.50. The van der Waals surface area contributed by atoms with Crippen molar-refractivity contribution < 1.29 is 8.42 Å². The van der Waals surface area contributed by atoms with Crippen molar-refractivity contribution in [2.24, 2.45) is 11.8 Å². The first-order valence-electron chi connectivity index (χ1n) is 7.65. The van der Waals surface area contributed by atoms with Gasteiger partial charge >= 0.3 is 0 Å². The van der Waals surface area contributed by atoms with Crippen LogP contribution in [0.4, 0.5) is 0 Å². The molecule has 2 heterocycles. The maximum Gasteiger partial charge on any atom is 0.244 e. The van der Waals surface area contributed by atoms with E-state index in [1.165, 1.54) is 11.3 Å². The first-order chi connectivity index (χ1) is 9.87. The molecule has 1 aromatic heterocycles. The van der Waals surface area contributed by atoms with E-state index in [2.05, 4.69) is 19.2 Å². The van der Waals surface area contributed by atoms with E-state index < -0.39 is 10.0 Å². The van der Waals surface area contributed by atoms with Gasteiger partial charge in [-0.3, -0.25) is 0 Å². The van der Waals surface area contributed by atoms with Gasteiger partial charge in [-0.1, -0.05) is 20.8 Å². The first kappa shape index (κ1) is 16.9. The molecule has 0 bridgehead atoms. The molecule has 4 nitrogen and oxygen atoms in total. The van der Waals surface area contributed by atoms with E-state index in [4.69, 9.17) is 0 Å². The molecule has 6 heteroatoms. The highest BCUT2D eigenvalue weighted by atomic mass is 32.2. The SMILES string of the molecule is CCNCc1scc(C)c1S(=O)(=O)N1CCC(C)C(C)C1. The lowest BCUT2D eigenvalue weighted by atomic mass is 9.90. The van der Waals surface area contributed by atoms with Gasteiger partial charge in [0.1, 0.15) is 4.90 Å². The molecule has 21 heavy (non-hydrogen) atoms. The van der Waals surface area contributed by atoms with Gasteiger partial charge in [-0.05, 0) is 42.7 Å². The van der Waals surface area contributed by atoms with Crippen molar-refractivity contribution in [1.82, 2.24) is 9.62 Å². The van der Waals surface area contributed by atoms with Gasteiger partial charge in [-0.15, -0.1) is 11.3 Å². The smallest absolute Gasteiger partial charge is 0.244 e. The van der Waals surface area contributed by atoms with Crippen LogP contribution >= 0.6 is 11.3 Å². The third-order valence-corrected chi connectivity index (χ3v) is 7.75. The number of rotatable bonds is 5. The largest absolute Gasteiger partial charge is 0.312 e. The highest BCUT2D eigenvalue weighted by molar-refractivity contribution is 7.89. The van der Waals surface area contributed by atoms with Crippen molar-refractivity contribution >= 4 is 21.4 Å². The fraction of sp³-hybridized carbons (Fsp3) is 0.733. The van der Waals surface area contributed by atoms with Crippen LogP contribution in [0, 0.1) is 18.8 Å². The molecule has 1 N–H and O–H groups in total. The Bertz CT molecular complexity index is 580. The minimum Gasteiger partial charge on any atom is -0.312 e. The van der Waals surface area contributed by atoms with Crippen LogP contribution in [-0.4, -0.2) is 32.4 Å². The number of nitrogens with one attached hydrogen (secondary N) is 1. The molecule has 1 saturated heterocycles. The summed E-state index contributed by atoms with van der Waals surface area (Å²) in [7, 11) is -3.36. The third-order valence-electron chi connectivity index (χ3n) is 4.42. The summed E-state index contributed by atoms with van der Waals surface area (Å²) in [5, 5.41) is 5.19. The van der Waals surface area contributed by atoms with Crippen LogP contribution < -0.4 is 5.32 Å². The Labute approximate surface area is 132 Å². The average Bonchev–Trinajstić information content (AvgIpc) is 2.81. The lowest BCUT2D eigenvalue weighted by Gasteiger charge is -2.34. The molecular weight excluding hydrogens is 304 g/mol. The molecule has 1 aliphatic heterocycles. The predicted octanol–water partition coefficient (Wildman–Crippen LogP) is 2.83. The van der Waals surface area contributed by atoms with Crippen molar-refractivity contribution in [3.63, 3.8) is 0 Å². The van der Waals surface area contributed by atoms with Gasteiger partial charge in [0.2, 0.25) is 10.0 Å². The standard InChI is InChI=1S/C15H26N2O2S2/c1-5-16-8-14-15(13(4)10-20-14)21(18,19)17-7-6-11(2)12(3)9-17/h10-12,16H,5-9H2,1-4H3. The van der Waals surface area contributed by atoms with Crippen LogP contribution in [0.2, 0.25) is 0 Å². The number of hydrogen-bond donors (Lipinski definition) is 1. The summed E-state index contributed by atoms with van der Waals surface area (Å²) >= 11 is 1.54. The summed E-state index contributed by atoms with van der Waals surface area (Å²) in [4.78, 5) is 1.47. The molecule has 1 fully saturated rings. The van der Waals surface area contributed by atoms with Gasteiger partial charge < -0.3 is 5.32 Å². The minimum absolute atomic E-state index is 0.421. The quantitative estimate of drug-likeness (QED) is 0.903. The summed E-state index contributed by atoms with van der Waals surface area (Å²) in [6.45, 7) is 11.0. The zero-order valence-corrected chi connectivity index (χ0v) is 15.0. The van der Waals surface area contributed by atoms with Crippen LogP contribution in [-0.2, 0) is 16.6 Å². The second-order valence-electron chi connectivity index (χ2n) is 6.06. The van der Waals surface area contributed by atoms with E-state index in [1.807, 2.05) is 19.2 Å². The number of aryl methyl sites for hydroxylation is 1. The van der Waals surface area contributed by atoms with Gasteiger partial charge in [0.15, 0.2) is 0 Å². The minimum atomic E-state index is -3.36. The number of piperidine rings is 1. The van der Waals surface area contributed by atoms with Crippen molar-refractivity contribution in [3.05, 3.63) is 15.8 Å². The predicted molar refractivity (Wildman–Crippen MR) is 88.1 cm³/mol.